The number of nitrogens with zero attached hydrogens (tertiary/aromatic N) is 1. The number of aromatic nitrogens is 1. The Balaban J connectivity index is 1.83. The quantitative estimate of drug-likeness (QED) is 0.571. The molecule has 3 aromatic rings. The minimum atomic E-state index is -4.01. The molecule has 0 saturated heterocycles. The van der Waals surface area contributed by atoms with Crippen molar-refractivity contribution in [2.24, 2.45) is 0 Å². The average Bonchev–Trinajstić information content (AvgIpc) is 2.70. The molecule has 0 aliphatic carbocycles. The largest absolute Gasteiger partial charge is 0.346 e. The molecule has 1 unspecified atom stereocenters. The van der Waals surface area contributed by atoms with Crippen molar-refractivity contribution < 1.29 is 13.2 Å². The van der Waals surface area contributed by atoms with Crippen LogP contribution in [0.5, 0.6) is 0 Å². The van der Waals surface area contributed by atoms with E-state index in [1.165, 1.54) is 30.3 Å². The average molecular weight is 450 g/mol. The predicted molar refractivity (Wildman–Crippen MR) is 114 cm³/mol. The topological polar surface area (TPSA) is 88.2 Å². The standard InChI is InChI=1S/C20H17Cl2N3O3S/c1-13(14-8-10-23-11-9-14)24-20(26)15-2-7-18(22)19(12-15)29(27,28)25-17-5-3-16(21)4-6-17/h2-13,25H,1H3,(H,24,26). The monoisotopic (exact) mass is 449 g/mol. The normalized spacial score (nSPS) is 12.2. The number of hydrogen-bond donors (Lipinski definition) is 2. The number of sulfonamides is 1. The highest BCUT2D eigenvalue weighted by atomic mass is 35.5. The zero-order valence-corrected chi connectivity index (χ0v) is 17.6. The second-order valence-corrected chi connectivity index (χ2v) is 8.73. The maximum Gasteiger partial charge on any atom is 0.263 e. The van der Waals surface area contributed by atoms with Crippen molar-refractivity contribution in [2.45, 2.75) is 17.9 Å². The lowest BCUT2D eigenvalue weighted by atomic mass is 10.1. The van der Waals surface area contributed by atoms with E-state index in [0.29, 0.717) is 10.7 Å². The summed E-state index contributed by atoms with van der Waals surface area (Å²) in [6, 6.07) is 13.6. The van der Waals surface area contributed by atoms with E-state index in [4.69, 9.17) is 23.2 Å². The molecule has 150 valence electrons. The third-order valence-corrected chi connectivity index (χ3v) is 6.25. The van der Waals surface area contributed by atoms with Gasteiger partial charge in [0.2, 0.25) is 0 Å². The molecule has 1 amide bonds. The van der Waals surface area contributed by atoms with Gasteiger partial charge in [-0.2, -0.15) is 0 Å². The van der Waals surface area contributed by atoms with Crippen LogP contribution in [0.2, 0.25) is 10.0 Å². The molecule has 2 aromatic carbocycles. The first-order chi connectivity index (χ1) is 13.8. The molecular weight excluding hydrogens is 433 g/mol. The van der Waals surface area contributed by atoms with Gasteiger partial charge in [0.1, 0.15) is 4.90 Å². The van der Waals surface area contributed by atoms with Gasteiger partial charge in [-0.3, -0.25) is 14.5 Å². The van der Waals surface area contributed by atoms with Crippen LogP contribution >= 0.6 is 23.2 Å². The fourth-order valence-corrected chi connectivity index (χ4v) is 4.31. The van der Waals surface area contributed by atoms with Crippen molar-refractivity contribution in [1.82, 2.24) is 10.3 Å². The van der Waals surface area contributed by atoms with E-state index < -0.39 is 15.9 Å². The Bertz CT molecular complexity index is 1120. The lowest BCUT2D eigenvalue weighted by molar-refractivity contribution is 0.0939. The van der Waals surface area contributed by atoms with Gasteiger partial charge in [-0.15, -0.1) is 0 Å². The van der Waals surface area contributed by atoms with Crippen molar-refractivity contribution in [2.75, 3.05) is 4.72 Å². The van der Waals surface area contributed by atoms with Crippen LogP contribution in [0.25, 0.3) is 0 Å². The van der Waals surface area contributed by atoms with Crippen LogP contribution in [0.15, 0.2) is 71.9 Å². The summed E-state index contributed by atoms with van der Waals surface area (Å²) in [4.78, 5) is 16.4. The summed E-state index contributed by atoms with van der Waals surface area (Å²) in [6.45, 7) is 1.82. The molecule has 3 rings (SSSR count). The molecule has 0 radical (unpaired) electrons. The number of benzene rings is 2. The van der Waals surface area contributed by atoms with Crippen LogP contribution in [0, 0.1) is 0 Å². The van der Waals surface area contributed by atoms with E-state index in [1.54, 1.807) is 36.7 Å². The zero-order chi connectivity index (χ0) is 21.0. The molecule has 0 aliphatic rings. The van der Waals surface area contributed by atoms with Gasteiger partial charge in [-0.25, -0.2) is 8.42 Å². The third-order valence-electron chi connectivity index (χ3n) is 4.13. The van der Waals surface area contributed by atoms with E-state index >= 15 is 0 Å². The molecule has 0 bridgehead atoms. The maximum atomic E-state index is 12.8. The Labute approximate surface area is 178 Å². The van der Waals surface area contributed by atoms with Crippen molar-refractivity contribution in [3.63, 3.8) is 0 Å². The van der Waals surface area contributed by atoms with E-state index in [0.717, 1.165) is 5.56 Å². The van der Waals surface area contributed by atoms with Crippen LogP contribution in [-0.4, -0.2) is 19.3 Å². The molecule has 29 heavy (non-hydrogen) atoms. The second-order valence-electron chi connectivity index (χ2n) is 6.23. The summed E-state index contributed by atoms with van der Waals surface area (Å²) in [5.41, 5.74) is 1.37. The summed E-state index contributed by atoms with van der Waals surface area (Å²) in [5.74, 6) is -0.422. The number of halogens is 2. The number of hydrogen-bond acceptors (Lipinski definition) is 4. The minimum absolute atomic E-state index is 0.00481. The van der Waals surface area contributed by atoms with Gasteiger partial charge in [-0.05, 0) is 67.1 Å². The van der Waals surface area contributed by atoms with Crippen molar-refractivity contribution in [1.29, 1.82) is 0 Å². The first kappa shape index (κ1) is 21.1. The van der Waals surface area contributed by atoms with Crippen LogP contribution in [0.3, 0.4) is 0 Å². The van der Waals surface area contributed by atoms with E-state index in [-0.39, 0.29) is 21.5 Å². The number of carbonyl (C=O) groups is 1. The smallest absolute Gasteiger partial charge is 0.263 e. The molecule has 0 saturated carbocycles. The Morgan fingerprint density at radius 1 is 1.00 bits per heavy atom. The summed E-state index contributed by atoms with van der Waals surface area (Å²) < 4.78 is 27.9. The van der Waals surface area contributed by atoms with Gasteiger partial charge in [-0.1, -0.05) is 23.2 Å². The van der Waals surface area contributed by atoms with Crippen LogP contribution in [0.4, 0.5) is 5.69 Å². The molecule has 0 aliphatic heterocycles. The van der Waals surface area contributed by atoms with E-state index in [2.05, 4.69) is 15.0 Å². The SMILES string of the molecule is CC(NC(=O)c1ccc(Cl)c(S(=O)(=O)Nc2ccc(Cl)cc2)c1)c1ccncc1. The molecule has 9 heteroatoms. The van der Waals surface area contributed by atoms with Gasteiger partial charge < -0.3 is 5.32 Å². The van der Waals surface area contributed by atoms with Crippen LogP contribution < -0.4 is 10.0 Å². The van der Waals surface area contributed by atoms with Crippen molar-refractivity contribution >= 4 is 44.8 Å². The first-order valence-electron chi connectivity index (χ1n) is 8.55. The van der Waals surface area contributed by atoms with Crippen LogP contribution in [0.1, 0.15) is 28.9 Å². The number of carbonyl (C=O) groups excluding carboxylic acids is 1. The number of nitrogens with one attached hydrogen (secondary N) is 2. The molecule has 1 heterocycles. The fourth-order valence-electron chi connectivity index (χ4n) is 2.59. The van der Waals surface area contributed by atoms with Gasteiger partial charge in [0, 0.05) is 28.7 Å². The summed E-state index contributed by atoms with van der Waals surface area (Å²) >= 11 is 11.9. The summed E-state index contributed by atoms with van der Waals surface area (Å²) in [5, 5.41) is 3.31. The molecule has 6 nitrogen and oxygen atoms in total. The van der Waals surface area contributed by atoms with Crippen molar-refractivity contribution in [3.8, 4) is 0 Å². The predicted octanol–water partition coefficient (Wildman–Crippen LogP) is 4.68. The van der Waals surface area contributed by atoms with Crippen molar-refractivity contribution in [3.05, 3.63) is 88.2 Å². The molecule has 0 spiro atoms. The lowest BCUT2D eigenvalue weighted by Crippen LogP contribution is -2.27. The van der Waals surface area contributed by atoms with Gasteiger partial charge >= 0.3 is 0 Å². The van der Waals surface area contributed by atoms with Gasteiger partial charge in [0.15, 0.2) is 0 Å². The maximum absolute atomic E-state index is 12.8. The molecule has 1 atom stereocenters. The zero-order valence-electron chi connectivity index (χ0n) is 15.3. The summed E-state index contributed by atoms with van der Waals surface area (Å²) in [6.07, 6.45) is 3.26. The Kier molecular flexibility index (Phi) is 6.42. The third kappa shape index (κ3) is 5.26. The Morgan fingerprint density at radius 3 is 2.31 bits per heavy atom. The Morgan fingerprint density at radius 2 is 1.66 bits per heavy atom. The highest BCUT2D eigenvalue weighted by Crippen LogP contribution is 2.26. The fraction of sp³-hybridized carbons (Fsp3) is 0.100. The van der Waals surface area contributed by atoms with Crippen LogP contribution in [-0.2, 0) is 10.0 Å². The number of pyridine rings is 1. The highest BCUT2D eigenvalue weighted by Gasteiger charge is 2.21. The highest BCUT2D eigenvalue weighted by molar-refractivity contribution is 7.92. The minimum Gasteiger partial charge on any atom is -0.346 e. The van der Waals surface area contributed by atoms with E-state index in [9.17, 15) is 13.2 Å². The van der Waals surface area contributed by atoms with Gasteiger partial charge in [0.25, 0.3) is 15.9 Å². The molecular formula is C20H17Cl2N3O3S. The first-order valence-corrected chi connectivity index (χ1v) is 10.8. The number of amides is 1. The molecule has 2 N–H and O–H groups in total. The number of rotatable bonds is 6. The molecule has 1 aromatic heterocycles. The number of anilines is 1. The lowest BCUT2D eigenvalue weighted by Gasteiger charge is -2.15. The Hall–Kier alpha value is -2.61. The summed E-state index contributed by atoms with van der Waals surface area (Å²) in [7, 11) is -4.01. The molecule has 0 fully saturated rings. The van der Waals surface area contributed by atoms with E-state index in [1.807, 2.05) is 6.92 Å². The second kappa shape index (κ2) is 8.82. The van der Waals surface area contributed by atoms with Gasteiger partial charge in [0.05, 0.1) is 11.1 Å².